The van der Waals surface area contributed by atoms with E-state index in [-0.39, 0.29) is 40.9 Å². The van der Waals surface area contributed by atoms with Crippen molar-refractivity contribution in [1.82, 2.24) is 0 Å². The van der Waals surface area contributed by atoms with Gasteiger partial charge in [-0.3, -0.25) is 0 Å². The maximum absolute atomic E-state index is 12.4. The zero-order valence-electron chi connectivity index (χ0n) is 34.6. The molecule has 4 aliphatic carbocycles. The van der Waals surface area contributed by atoms with Crippen LogP contribution in [0, 0.1) is 45.3 Å². The summed E-state index contributed by atoms with van der Waals surface area (Å²) in [6.45, 7) is 15.7. The molecule has 0 radical (unpaired) electrons. The first kappa shape index (κ1) is 44.7. The molecule has 0 bridgehead atoms. The highest BCUT2D eigenvalue weighted by Gasteiger charge is 2.73. The first-order valence-corrected chi connectivity index (χ1v) is 21.0. The van der Waals surface area contributed by atoms with Crippen molar-refractivity contribution in [2.24, 2.45) is 45.3 Å². The lowest BCUT2D eigenvalue weighted by Gasteiger charge is -2.71. The molecule has 0 spiro atoms. The molecule has 0 aromatic carbocycles. The van der Waals surface area contributed by atoms with Gasteiger partial charge in [0.25, 0.3) is 0 Å². The topological polar surface area (TPSA) is 239 Å². The highest BCUT2D eigenvalue weighted by Crippen LogP contribution is 2.76. The number of hydrogen-bond acceptors (Lipinski definition) is 14. The van der Waals surface area contributed by atoms with Crippen molar-refractivity contribution in [1.29, 1.82) is 0 Å². The van der Waals surface area contributed by atoms with E-state index in [1.54, 1.807) is 0 Å². The molecule has 56 heavy (non-hydrogen) atoms. The van der Waals surface area contributed by atoms with Gasteiger partial charge in [-0.05, 0) is 106 Å². The van der Waals surface area contributed by atoms with Gasteiger partial charge in [0.1, 0.15) is 48.8 Å². The molecule has 0 aromatic heterocycles. The molecule has 10 N–H and O–H groups in total. The Balaban J connectivity index is 1.25. The summed E-state index contributed by atoms with van der Waals surface area (Å²) in [5, 5.41) is 110. The van der Waals surface area contributed by atoms with Crippen molar-refractivity contribution >= 4 is 0 Å². The number of hydrogen-bond donors (Lipinski definition) is 10. The van der Waals surface area contributed by atoms with Gasteiger partial charge in [-0.25, -0.2) is 0 Å². The van der Waals surface area contributed by atoms with Crippen LogP contribution in [0.15, 0.2) is 11.6 Å². The van der Waals surface area contributed by atoms with Crippen LogP contribution in [-0.2, 0) is 18.9 Å². The predicted octanol–water partition coefficient (Wildman–Crippen LogP) is 1.12. The Kier molecular flexibility index (Phi) is 12.7. The number of ether oxygens (including phenoxy) is 4. The SMILES string of the molecule is CC(C)=CCCC(C)(O)C1CCC2(C)C1C(O)CC1C3(C)C(O)CC(OC4OC(CO)C(O)C(O)C4OC4OC(CO)C(O)C(O)C4O)C(C)(C)C3CCC12C. The van der Waals surface area contributed by atoms with Crippen LogP contribution >= 0.6 is 0 Å². The van der Waals surface area contributed by atoms with E-state index in [9.17, 15) is 51.1 Å². The van der Waals surface area contributed by atoms with Crippen molar-refractivity contribution in [3.8, 4) is 0 Å². The van der Waals surface area contributed by atoms with Gasteiger partial charge >= 0.3 is 0 Å². The van der Waals surface area contributed by atoms with E-state index in [2.05, 4.69) is 54.5 Å². The molecule has 4 saturated carbocycles. The standard InChI is InChI=1S/C42H72O14/c1-20(2)10-9-13-41(7,52)21-11-14-40(6)29(21)22(45)16-26-39(40,5)15-12-25-38(3,4)28(17-27(46)42(25,26)8)55-37-35(33(50)31(48)24(19-44)54-37)56-36-34(51)32(49)30(47)23(18-43)53-36/h10,21-37,43-52H,9,11-19H2,1-8H3. The Bertz CT molecular complexity index is 1400. The lowest BCUT2D eigenvalue weighted by atomic mass is 9.34. The summed E-state index contributed by atoms with van der Waals surface area (Å²) in [6, 6.07) is 0. The molecule has 21 unspecified atom stereocenters. The van der Waals surface area contributed by atoms with Gasteiger partial charge in [0.05, 0.1) is 37.1 Å². The van der Waals surface area contributed by atoms with E-state index in [1.165, 1.54) is 5.57 Å². The fraction of sp³-hybridized carbons (Fsp3) is 0.952. The second kappa shape index (κ2) is 15.9. The van der Waals surface area contributed by atoms with Crippen molar-refractivity contribution in [3.63, 3.8) is 0 Å². The second-order valence-electron chi connectivity index (χ2n) is 20.2. The van der Waals surface area contributed by atoms with E-state index < -0.39 is 109 Å². The molecule has 2 heterocycles. The number of fused-ring (bicyclic) bond motifs is 5. The number of aliphatic hydroxyl groups excluding tert-OH is 9. The van der Waals surface area contributed by atoms with Crippen molar-refractivity contribution in [2.45, 2.75) is 192 Å². The summed E-state index contributed by atoms with van der Waals surface area (Å²) >= 11 is 0. The Hall–Kier alpha value is -0.820. The van der Waals surface area contributed by atoms with Crippen molar-refractivity contribution in [3.05, 3.63) is 11.6 Å². The van der Waals surface area contributed by atoms with Crippen LogP contribution in [-0.4, -0.2) is 150 Å². The van der Waals surface area contributed by atoms with Gasteiger partial charge in [-0.2, -0.15) is 0 Å². The Morgan fingerprint density at radius 1 is 0.732 bits per heavy atom. The van der Waals surface area contributed by atoms with Crippen LogP contribution in [0.5, 0.6) is 0 Å². The molecule has 21 atom stereocenters. The minimum absolute atomic E-state index is 0.0430. The van der Waals surface area contributed by atoms with Crippen LogP contribution in [0.1, 0.15) is 107 Å². The highest BCUT2D eigenvalue weighted by molar-refractivity contribution is 5.21. The molecule has 2 saturated heterocycles. The van der Waals surface area contributed by atoms with Gasteiger partial charge in [-0.15, -0.1) is 0 Å². The van der Waals surface area contributed by atoms with Crippen molar-refractivity contribution < 1.29 is 70.0 Å². The third kappa shape index (κ3) is 7.06. The lowest BCUT2D eigenvalue weighted by molar-refractivity contribution is -0.381. The van der Waals surface area contributed by atoms with Crippen LogP contribution in [0.3, 0.4) is 0 Å². The van der Waals surface area contributed by atoms with Gasteiger partial charge in [0.2, 0.25) is 0 Å². The zero-order chi connectivity index (χ0) is 41.5. The number of allylic oxidation sites excluding steroid dienone is 2. The molecule has 14 nitrogen and oxygen atoms in total. The average molecular weight is 801 g/mol. The van der Waals surface area contributed by atoms with E-state index in [0.29, 0.717) is 12.8 Å². The Morgan fingerprint density at radius 2 is 1.32 bits per heavy atom. The largest absolute Gasteiger partial charge is 0.394 e. The van der Waals surface area contributed by atoms with Gasteiger partial charge in [0, 0.05) is 11.8 Å². The molecule has 14 heteroatoms. The number of aliphatic hydroxyl groups is 10. The number of rotatable bonds is 10. The van der Waals surface area contributed by atoms with E-state index in [1.807, 2.05) is 6.92 Å². The molecule has 6 aliphatic rings. The van der Waals surface area contributed by atoms with Gasteiger partial charge < -0.3 is 70.0 Å². The third-order valence-corrected chi connectivity index (χ3v) is 16.7. The maximum atomic E-state index is 12.4. The summed E-state index contributed by atoms with van der Waals surface area (Å²) < 4.78 is 24.2. The van der Waals surface area contributed by atoms with Gasteiger partial charge in [0.15, 0.2) is 12.6 Å². The molecular weight excluding hydrogens is 728 g/mol. The summed E-state index contributed by atoms with van der Waals surface area (Å²) in [5.74, 6) is -0.262. The lowest BCUT2D eigenvalue weighted by Crippen LogP contribution is -2.70. The van der Waals surface area contributed by atoms with E-state index >= 15 is 0 Å². The van der Waals surface area contributed by atoms with Crippen LogP contribution in [0.2, 0.25) is 0 Å². The second-order valence-corrected chi connectivity index (χ2v) is 20.2. The molecule has 324 valence electrons. The molecular formula is C42H72O14. The molecule has 6 rings (SSSR count). The van der Waals surface area contributed by atoms with Crippen molar-refractivity contribution in [2.75, 3.05) is 13.2 Å². The molecule has 2 aliphatic heterocycles. The normalized spacial score (nSPS) is 52.6. The van der Waals surface area contributed by atoms with E-state index in [0.717, 1.165) is 32.1 Å². The fourth-order valence-electron chi connectivity index (χ4n) is 13.2. The monoisotopic (exact) mass is 800 g/mol. The Morgan fingerprint density at radius 3 is 1.93 bits per heavy atom. The molecule has 6 fully saturated rings. The summed E-state index contributed by atoms with van der Waals surface area (Å²) in [6.07, 6.45) is -10.3. The smallest absolute Gasteiger partial charge is 0.187 e. The maximum Gasteiger partial charge on any atom is 0.187 e. The minimum atomic E-state index is -1.80. The van der Waals surface area contributed by atoms with Crippen LogP contribution in [0.4, 0.5) is 0 Å². The zero-order valence-corrected chi connectivity index (χ0v) is 34.6. The van der Waals surface area contributed by atoms with E-state index in [4.69, 9.17) is 18.9 Å². The quantitative estimate of drug-likeness (QED) is 0.110. The molecule has 0 aromatic rings. The minimum Gasteiger partial charge on any atom is -0.394 e. The fourth-order valence-corrected chi connectivity index (χ4v) is 13.2. The van der Waals surface area contributed by atoms with Gasteiger partial charge in [-0.1, -0.05) is 46.3 Å². The third-order valence-electron chi connectivity index (χ3n) is 16.7. The van der Waals surface area contributed by atoms with Crippen LogP contribution < -0.4 is 0 Å². The predicted molar refractivity (Wildman–Crippen MR) is 202 cm³/mol. The molecule has 0 amide bonds. The summed E-state index contributed by atoms with van der Waals surface area (Å²) in [4.78, 5) is 0. The average Bonchev–Trinajstić information content (AvgIpc) is 3.51. The summed E-state index contributed by atoms with van der Waals surface area (Å²) in [5.41, 5.74) is -1.46. The van der Waals surface area contributed by atoms with Crippen LogP contribution in [0.25, 0.3) is 0 Å². The summed E-state index contributed by atoms with van der Waals surface area (Å²) in [7, 11) is 0. The Labute approximate surface area is 331 Å². The highest BCUT2D eigenvalue weighted by atomic mass is 16.8. The first-order chi connectivity index (χ1) is 26.0. The first-order valence-electron chi connectivity index (χ1n) is 21.0.